The molecule has 2 aromatic rings. The van der Waals surface area contributed by atoms with Crippen LogP contribution in [-0.4, -0.2) is 0 Å². The molecule has 0 bridgehead atoms. The van der Waals surface area contributed by atoms with E-state index in [2.05, 4.69) is 6.92 Å². The van der Waals surface area contributed by atoms with Crippen molar-refractivity contribution in [2.75, 3.05) is 0 Å². The van der Waals surface area contributed by atoms with Gasteiger partial charge in [0.1, 0.15) is 0 Å². The molecule has 0 aliphatic heterocycles. The third kappa shape index (κ3) is 14.0. The Morgan fingerprint density at radius 1 is 0.750 bits per heavy atom. The average molecular weight is 310 g/mol. The first-order valence-electron chi connectivity index (χ1n) is 3.93. The summed E-state index contributed by atoms with van der Waals surface area (Å²) in [4.78, 5) is 0. The molecule has 2 rings (SSSR count). The van der Waals surface area contributed by atoms with Gasteiger partial charge in [-0.15, -0.1) is 12.1 Å². The molecule has 0 nitrogen and oxygen atoms in total. The van der Waals surface area contributed by atoms with Crippen LogP contribution >= 0.6 is 0 Å². The largest absolute Gasteiger partial charge is 3.00 e. The number of hydrogen-bond donors (Lipinski definition) is 0. The molecule has 0 atom stereocenters. The van der Waals surface area contributed by atoms with Crippen LogP contribution in [0.4, 0.5) is 0 Å². The Bertz CT molecular complexity index is 265. The molecule has 16 heavy (non-hydrogen) atoms. The Kier molecular flexibility index (Phi) is 27.2. The second-order valence-corrected chi connectivity index (χ2v) is 2.45. The van der Waals surface area contributed by atoms with Crippen LogP contribution in [0.2, 0.25) is 0 Å². The van der Waals surface area contributed by atoms with Crippen LogP contribution in [0.25, 0.3) is 0 Å². The monoisotopic (exact) mass is 309 g/mol. The molecule has 0 spiro atoms. The van der Waals surface area contributed by atoms with E-state index in [0.29, 0.717) is 0 Å². The van der Waals surface area contributed by atoms with Crippen LogP contribution < -0.4 is 37.2 Å². The van der Waals surface area contributed by atoms with E-state index < -0.39 is 0 Å². The maximum absolute atomic E-state index is 3.72. The van der Waals surface area contributed by atoms with Crippen molar-refractivity contribution < 1.29 is 58.9 Å². The number of hydrogen-bond acceptors (Lipinski definition) is 0. The molecule has 4 heteroatoms. The molecule has 87 valence electrons. The molecule has 0 amide bonds. The van der Waals surface area contributed by atoms with Gasteiger partial charge >= 0.3 is 21.7 Å². The van der Waals surface area contributed by atoms with Crippen molar-refractivity contribution in [3.8, 4) is 0 Å². The number of halogens is 3. The first-order chi connectivity index (χ1) is 5.89. The molecule has 0 heterocycles. The third-order valence-corrected chi connectivity index (χ3v) is 1.40. The van der Waals surface area contributed by atoms with Crippen molar-refractivity contribution in [3.05, 3.63) is 73.2 Å². The van der Waals surface area contributed by atoms with Gasteiger partial charge in [-0.3, -0.25) is 0 Å². The summed E-state index contributed by atoms with van der Waals surface area (Å²) in [5, 5.41) is 0. The minimum atomic E-state index is 0. The molecule has 2 aromatic carbocycles. The second-order valence-electron chi connectivity index (χ2n) is 2.45. The summed E-state index contributed by atoms with van der Waals surface area (Å²) in [5.74, 6) is 0. The van der Waals surface area contributed by atoms with Crippen LogP contribution in [0.1, 0.15) is 5.56 Å². The van der Waals surface area contributed by atoms with Gasteiger partial charge in [0.15, 0.2) is 0 Å². The van der Waals surface area contributed by atoms with Crippen LogP contribution in [0, 0.1) is 6.92 Å². The van der Waals surface area contributed by atoms with E-state index in [9.17, 15) is 0 Å². The molecule has 1 radical (unpaired) electrons. The van der Waals surface area contributed by atoms with Gasteiger partial charge in [0.2, 0.25) is 0 Å². The van der Waals surface area contributed by atoms with Crippen LogP contribution in [0.5, 0.6) is 0 Å². The Morgan fingerprint density at radius 2 is 1.19 bits per heavy atom. The second kappa shape index (κ2) is 17.4. The maximum atomic E-state index is 3.72. The van der Waals surface area contributed by atoms with E-state index in [4.69, 9.17) is 0 Å². The maximum Gasteiger partial charge on any atom is 3.00 e. The van der Waals surface area contributed by atoms with Crippen molar-refractivity contribution in [1.29, 1.82) is 0 Å². The predicted octanol–water partition coefficient (Wildman–Crippen LogP) is -5.72. The van der Waals surface area contributed by atoms with Crippen molar-refractivity contribution in [2.24, 2.45) is 0 Å². The van der Waals surface area contributed by atoms with Gasteiger partial charge in [-0.1, -0.05) is 6.07 Å². The number of benzene rings is 1. The summed E-state index contributed by atoms with van der Waals surface area (Å²) in [7, 11) is 0. The third-order valence-electron chi connectivity index (χ3n) is 1.40. The van der Waals surface area contributed by atoms with Gasteiger partial charge in [0.05, 0.1) is 0 Å². The molecule has 0 aromatic heterocycles. The number of rotatable bonds is 0. The molecule has 0 aliphatic carbocycles. The SMILES string of the molecule is [CH2-]c1ccccc1.[Cl-].[Cl-].[Cl-].[Ti+3].c1cc[cH-]c1. The summed E-state index contributed by atoms with van der Waals surface area (Å²) in [5.41, 5.74) is 1.07. The van der Waals surface area contributed by atoms with Crippen molar-refractivity contribution in [2.45, 2.75) is 0 Å². The molecule has 0 unspecified atom stereocenters. The molecule has 0 saturated carbocycles. The predicted molar refractivity (Wildman–Crippen MR) is 52.9 cm³/mol. The van der Waals surface area contributed by atoms with Gasteiger partial charge in [0.25, 0.3) is 0 Å². The van der Waals surface area contributed by atoms with Crippen LogP contribution in [0.15, 0.2) is 60.7 Å². The zero-order chi connectivity index (χ0) is 8.65. The van der Waals surface area contributed by atoms with Gasteiger partial charge in [-0.25, -0.2) is 12.1 Å². The Morgan fingerprint density at radius 3 is 1.38 bits per heavy atom. The first-order valence-corrected chi connectivity index (χ1v) is 3.93. The quantitative estimate of drug-likeness (QED) is 0.336. The topological polar surface area (TPSA) is 0 Å². The fraction of sp³-hybridized carbons (Fsp3) is 0. The van der Waals surface area contributed by atoms with E-state index in [1.807, 2.05) is 60.7 Å². The molecule has 0 aliphatic rings. The zero-order valence-corrected chi connectivity index (χ0v) is 12.4. The van der Waals surface area contributed by atoms with E-state index in [1.165, 1.54) is 0 Å². The first kappa shape index (κ1) is 25.0. The van der Waals surface area contributed by atoms with Gasteiger partial charge in [-0.2, -0.15) is 42.8 Å². The van der Waals surface area contributed by atoms with Crippen molar-refractivity contribution in [3.63, 3.8) is 0 Å². The molecule has 0 fully saturated rings. The van der Waals surface area contributed by atoms with Crippen molar-refractivity contribution >= 4 is 0 Å². The summed E-state index contributed by atoms with van der Waals surface area (Å²) in [6.45, 7) is 3.72. The standard InChI is InChI=1S/C7H7.C5H5.3ClH.Ti/c1-7-5-3-2-4-6-7;1-2-4-5-3-1;;;;/h2-6H,1H2;1-5H;3*1H;/q2*-1;;;;+3/p-3. The normalized spacial score (nSPS) is 6.25. The van der Waals surface area contributed by atoms with Gasteiger partial charge < -0.3 is 37.2 Å². The summed E-state index contributed by atoms with van der Waals surface area (Å²) in [6, 6.07) is 19.9. The average Bonchev–Trinajstić information content (AvgIpc) is 2.62. The molecular weight excluding hydrogens is 298 g/mol. The minimum Gasteiger partial charge on any atom is -1.00 e. The van der Waals surface area contributed by atoms with Crippen molar-refractivity contribution in [1.82, 2.24) is 0 Å². The van der Waals surface area contributed by atoms with E-state index in [1.54, 1.807) is 0 Å². The van der Waals surface area contributed by atoms with Gasteiger partial charge in [-0.05, 0) is 0 Å². The smallest absolute Gasteiger partial charge is 1.00 e. The van der Waals surface area contributed by atoms with E-state index >= 15 is 0 Å². The van der Waals surface area contributed by atoms with Crippen LogP contribution in [-0.2, 0) is 21.7 Å². The fourth-order valence-corrected chi connectivity index (χ4v) is 0.799. The Balaban J connectivity index is -0.0000000739. The summed E-state index contributed by atoms with van der Waals surface area (Å²) >= 11 is 0. The summed E-state index contributed by atoms with van der Waals surface area (Å²) in [6.07, 6.45) is 0. The Labute approximate surface area is 131 Å². The van der Waals surface area contributed by atoms with E-state index in [0.717, 1.165) is 5.56 Å². The van der Waals surface area contributed by atoms with Gasteiger partial charge in [0, 0.05) is 0 Å². The Hall–Kier alpha value is 0.0243. The zero-order valence-electron chi connectivity index (χ0n) is 8.61. The molecular formula is C12H12Cl3Ti-2. The van der Waals surface area contributed by atoms with E-state index in [-0.39, 0.29) is 58.9 Å². The fourth-order valence-electron chi connectivity index (χ4n) is 0.799. The molecule has 0 N–H and O–H groups in total. The van der Waals surface area contributed by atoms with Crippen LogP contribution in [0.3, 0.4) is 0 Å². The minimum absolute atomic E-state index is 0. The summed E-state index contributed by atoms with van der Waals surface area (Å²) < 4.78 is 0. The molecule has 0 saturated heterocycles.